The molecule has 0 radical (unpaired) electrons. The van der Waals surface area contributed by atoms with Crippen molar-refractivity contribution >= 4 is 27.7 Å². The second-order valence-corrected chi connectivity index (χ2v) is 10.5. The van der Waals surface area contributed by atoms with Gasteiger partial charge in [0, 0.05) is 24.3 Å². The third-order valence-electron chi connectivity index (χ3n) is 5.53. The van der Waals surface area contributed by atoms with Crippen LogP contribution in [0.2, 0.25) is 0 Å². The molecular weight excluding hydrogens is 428 g/mol. The number of sulfone groups is 1. The average Bonchev–Trinajstić information content (AvgIpc) is 2.68. The number of carbonyl (C=O) groups is 3. The number of primary amides is 1. The first-order chi connectivity index (χ1) is 14.5. The molecule has 31 heavy (non-hydrogen) atoms. The van der Waals surface area contributed by atoms with Gasteiger partial charge < -0.3 is 31.9 Å². The molecular formula is C19H32N4O7S. The molecule has 0 spiro atoms. The van der Waals surface area contributed by atoms with Crippen LogP contribution < -0.4 is 21.7 Å². The molecule has 12 heteroatoms. The fraction of sp³-hybridized carbons (Fsp3) is 0.737. The van der Waals surface area contributed by atoms with Gasteiger partial charge in [-0.1, -0.05) is 25.3 Å². The van der Waals surface area contributed by atoms with E-state index in [0.29, 0.717) is 0 Å². The second-order valence-electron chi connectivity index (χ2n) is 8.28. The zero-order valence-electron chi connectivity index (χ0n) is 17.5. The maximum atomic E-state index is 12.6. The molecule has 1 saturated carbocycles. The van der Waals surface area contributed by atoms with E-state index in [1.165, 1.54) is 6.08 Å². The van der Waals surface area contributed by atoms with Crippen LogP contribution in [-0.2, 0) is 19.4 Å². The molecule has 176 valence electrons. The summed E-state index contributed by atoms with van der Waals surface area (Å²) in [6, 6.07) is -2.70. The highest BCUT2D eigenvalue weighted by molar-refractivity contribution is 7.90. The third-order valence-corrected chi connectivity index (χ3v) is 6.51. The average molecular weight is 461 g/mol. The van der Waals surface area contributed by atoms with Gasteiger partial charge in [0.05, 0.1) is 17.9 Å². The van der Waals surface area contributed by atoms with E-state index in [0.717, 1.165) is 38.4 Å². The van der Waals surface area contributed by atoms with Gasteiger partial charge in [-0.15, -0.1) is 0 Å². The number of carbonyl (C=O) groups excluding carboxylic acids is 3. The summed E-state index contributed by atoms with van der Waals surface area (Å²) in [5.41, 5.74) is 5.30. The highest BCUT2D eigenvalue weighted by atomic mass is 32.2. The number of aliphatic hydroxyl groups excluding tert-OH is 2. The van der Waals surface area contributed by atoms with Crippen LogP contribution in [0, 0.1) is 0 Å². The predicted molar refractivity (Wildman–Crippen MR) is 112 cm³/mol. The Bertz CT molecular complexity index is 808. The van der Waals surface area contributed by atoms with Crippen molar-refractivity contribution < 1.29 is 33.0 Å². The third kappa shape index (κ3) is 8.11. The van der Waals surface area contributed by atoms with Crippen molar-refractivity contribution in [2.75, 3.05) is 12.0 Å². The Kier molecular flexibility index (Phi) is 8.83. The van der Waals surface area contributed by atoms with Crippen LogP contribution in [0.15, 0.2) is 11.6 Å². The SMILES string of the molecule is CS(=O)(=O)CCC(NC(=O)C1=CC(NC(=O)NC2CCCCC2)C(O)C(O)C1)C(N)=O. The molecule has 0 aromatic rings. The van der Waals surface area contributed by atoms with Crippen molar-refractivity contribution in [3.8, 4) is 0 Å². The molecule has 4 atom stereocenters. The molecule has 4 unspecified atom stereocenters. The number of amides is 4. The Labute approximate surface area is 181 Å². The summed E-state index contributed by atoms with van der Waals surface area (Å²) in [6.07, 6.45) is 4.23. The van der Waals surface area contributed by atoms with Crippen molar-refractivity contribution in [1.29, 1.82) is 0 Å². The molecule has 7 N–H and O–H groups in total. The lowest BCUT2D eigenvalue weighted by Gasteiger charge is -2.32. The van der Waals surface area contributed by atoms with Crippen LogP contribution in [0.25, 0.3) is 0 Å². The molecule has 11 nitrogen and oxygen atoms in total. The van der Waals surface area contributed by atoms with E-state index in [9.17, 15) is 33.0 Å². The number of hydrogen-bond donors (Lipinski definition) is 6. The lowest BCUT2D eigenvalue weighted by molar-refractivity contribution is -0.125. The molecule has 4 amide bonds. The van der Waals surface area contributed by atoms with E-state index >= 15 is 0 Å². The Morgan fingerprint density at radius 1 is 1.16 bits per heavy atom. The lowest BCUT2D eigenvalue weighted by Crippen LogP contribution is -2.55. The second kappa shape index (κ2) is 10.9. The smallest absolute Gasteiger partial charge is 0.315 e. The van der Waals surface area contributed by atoms with E-state index in [1.54, 1.807) is 0 Å². The lowest BCUT2D eigenvalue weighted by atomic mass is 9.90. The van der Waals surface area contributed by atoms with Gasteiger partial charge in [-0.3, -0.25) is 9.59 Å². The Hall–Kier alpha value is -2.18. The number of hydrogen-bond acceptors (Lipinski definition) is 7. The highest BCUT2D eigenvalue weighted by Gasteiger charge is 2.35. The van der Waals surface area contributed by atoms with Crippen molar-refractivity contribution in [2.24, 2.45) is 5.73 Å². The van der Waals surface area contributed by atoms with Crippen LogP contribution in [-0.4, -0.2) is 78.8 Å². The van der Waals surface area contributed by atoms with E-state index in [-0.39, 0.29) is 30.2 Å². The van der Waals surface area contributed by atoms with Crippen LogP contribution in [0.3, 0.4) is 0 Å². The number of nitrogens with one attached hydrogen (secondary N) is 3. The molecule has 2 rings (SSSR count). The summed E-state index contributed by atoms with van der Waals surface area (Å²) in [7, 11) is -3.37. The summed E-state index contributed by atoms with van der Waals surface area (Å²) in [6.45, 7) is 0. The first-order valence-electron chi connectivity index (χ1n) is 10.4. The minimum absolute atomic E-state index is 0.0392. The molecule has 2 aliphatic carbocycles. The van der Waals surface area contributed by atoms with Crippen LogP contribution in [0.5, 0.6) is 0 Å². The van der Waals surface area contributed by atoms with Crippen LogP contribution in [0.1, 0.15) is 44.9 Å². The minimum atomic E-state index is -3.37. The number of rotatable bonds is 8. The fourth-order valence-electron chi connectivity index (χ4n) is 3.76. The molecule has 0 aromatic heterocycles. The Morgan fingerprint density at radius 3 is 2.39 bits per heavy atom. The van der Waals surface area contributed by atoms with E-state index in [1.807, 2.05) is 0 Å². The molecule has 2 aliphatic rings. The zero-order valence-corrected chi connectivity index (χ0v) is 18.4. The fourth-order valence-corrected chi connectivity index (χ4v) is 4.42. The summed E-state index contributed by atoms with van der Waals surface area (Å²) < 4.78 is 22.7. The Balaban J connectivity index is 2.03. The monoisotopic (exact) mass is 460 g/mol. The van der Waals surface area contributed by atoms with E-state index < -0.39 is 52.0 Å². The Morgan fingerprint density at radius 2 is 1.81 bits per heavy atom. The topological polar surface area (TPSA) is 188 Å². The van der Waals surface area contributed by atoms with Gasteiger partial charge in [0.2, 0.25) is 11.8 Å². The standard InChI is InChI=1S/C19H32N4O7S/c1-31(29,30)8-7-13(17(20)26)22-18(27)11-9-14(16(25)15(24)10-11)23-19(28)21-12-5-3-2-4-6-12/h9,12-16,24-25H,2-8,10H2,1H3,(H2,20,26)(H,22,27)(H2,21,23,28). The van der Waals surface area contributed by atoms with E-state index in [2.05, 4.69) is 16.0 Å². The predicted octanol–water partition coefficient (Wildman–Crippen LogP) is -1.56. The van der Waals surface area contributed by atoms with Gasteiger partial charge in [-0.25, -0.2) is 13.2 Å². The molecule has 0 bridgehead atoms. The van der Waals surface area contributed by atoms with Gasteiger partial charge in [0.1, 0.15) is 22.0 Å². The number of urea groups is 1. The summed E-state index contributed by atoms with van der Waals surface area (Å²) in [4.78, 5) is 36.5. The van der Waals surface area contributed by atoms with Crippen molar-refractivity contribution in [1.82, 2.24) is 16.0 Å². The zero-order chi connectivity index (χ0) is 23.2. The first kappa shape index (κ1) is 25.1. The van der Waals surface area contributed by atoms with Gasteiger partial charge in [0.15, 0.2) is 0 Å². The minimum Gasteiger partial charge on any atom is -0.390 e. The summed E-state index contributed by atoms with van der Waals surface area (Å²) in [5.74, 6) is -1.97. The normalized spacial score (nSPS) is 25.8. The van der Waals surface area contributed by atoms with Gasteiger partial charge in [-0.2, -0.15) is 0 Å². The summed E-state index contributed by atoms with van der Waals surface area (Å²) in [5, 5.41) is 28.1. The molecule has 0 aromatic carbocycles. The molecule has 0 aliphatic heterocycles. The maximum absolute atomic E-state index is 12.6. The highest BCUT2D eigenvalue weighted by Crippen LogP contribution is 2.21. The molecule has 0 heterocycles. The molecule has 1 fully saturated rings. The van der Waals surface area contributed by atoms with Gasteiger partial charge in [0.25, 0.3) is 0 Å². The number of aliphatic hydroxyl groups is 2. The van der Waals surface area contributed by atoms with Crippen LogP contribution in [0.4, 0.5) is 4.79 Å². The largest absolute Gasteiger partial charge is 0.390 e. The first-order valence-corrected chi connectivity index (χ1v) is 12.4. The van der Waals surface area contributed by atoms with Crippen molar-refractivity contribution in [2.45, 2.75) is 75.3 Å². The van der Waals surface area contributed by atoms with E-state index in [4.69, 9.17) is 5.73 Å². The van der Waals surface area contributed by atoms with Crippen LogP contribution >= 0.6 is 0 Å². The molecule has 0 saturated heterocycles. The van der Waals surface area contributed by atoms with Gasteiger partial charge >= 0.3 is 6.03 Å². The maximum Gasteiger partial charge on any atom is 0.315 e. The van der Waals surface area contributed by atoms with Gasteiger partial charge in [-0.05, 0) is 19.3 Å². The van der Waals surface area contributed by atoms with Crippen molar-refractivity contribution in [3.05, 3.63) is 11.6 Å². The number of nitrogens with two attached hydrogens (primary N) is 1. The quantitative estimate of drug-likeness (QED) is 0.253. The summed E-state index contributed by atoms with van der Waals surface area (Å²) >= 11 is 0. The van der Waals surface area contributed by atoms with Crippen molar-refractivity contribution in [3.63, 3.8) is 0 Å².